The number of benzene rings is 2. The number of halogens is 1. The molecule has 2 rings (SSSR count). The van der Waals surface area contributed by atoms with E-state index in [1.165, 1.54) is 0 Å². The molecule has 0 fully saturated rings. The molecule has 0 saturated heterocycles. The Labute approximate surface area is 129 Å². The van der Waals surface area contributed by atoms with Gasteiger partial charge in [0.15, 0.2) is 0 Å². The van der Waals surface area contributed by atoms with Gasteiger partial charge in [-0.3, -0.25) is 4.79 Å². The van der Waals surface area contributed by atoms with E-state index in [1.807, 2.05) is 30.3 Å². The van der Waals surface area contributed by atoms with Gasteiger partial charge in [-0.15, -0.1) is 0 Å². The number of hydrogen-bond acceptors (Lipinski definition) is 2. The van der Waals surface area contributed by atoms with Crippen molar-refractivity contribution in [1.29, 1.82) is 0 Å². The number of carbonyl (C=O) groups is 1. The van der Waals surface area contributed by atoms with Crippen LogP contribution in [0.4, 0.5) is 0 Å². The Morgan fingerprint density at radius 1 is 1.19 bits per heavy atom. The molecule has 1 N–H and O–H groups in total. The summed E-state index contributed by atoms with van der Waals surface area (Å²) in [7, 11) is 1.58. The molecule has 2 aromatic rings. The molecule has 0 atom stereocenters. The molecule has 3 nitrogen and oxygen atoms in total. The first-order chi connectivity index (χ1) is 10.2. The molecule has 110 valence electrons. The maximum absolute atomic E-state index is 12.0. The van der Waals surface area contributed by atoms with Crippen molar-refractivity contribution in [3.8, 4) is 5.75 Å². The van der Waals surface area contributed by atoms with Crippen LogP contribution in [-0.4, -0.2) is 19.6 Å². The maximum Gasteiger partial charge on any atom is 0.251 e. The van der Waals surface area contributed by atoms with E-state index in [4.69, 9.17) is 16.3 Å². The van der Waals surface area contributed by atoms with E-state index in [0.717, 1.165) is 23.4 Å². The minimum atomic E-state index is -0.0898. The molecule has 0 aliphatic carbocycles. The second-order valence-electron chi connectivity index (χ2n) is 4.68. The normalized spacial score (nSPS) is 10.2. The van der Waals surface area contributed by atoms with E-state index >= 15 is 0 Å². The van der Waals surface area contributed by atoms with Crippen LogP contribution in [-0.2, 0) is 6.42 Å². The van der Waals surface area contributed by atoms with Crippen LogP contribution in [0.15, 0.2) is 48.5 Å². The van der Waals surface area contributed by atoms with E-state index < -0.39 is 0 Å². The predicted molar refractivity (Wildman–Crippen MR) is 85.1 cm³/mol. The fourth-order valence-electron chi connectivity index (χ4n) is 2.05. The van der Waals surface area contributed by atoms with E-state index in [9.17, 15) is 4.79 Å². The number of nitrogens with one attached hydrogen (secondary N) is 1. The molecule has 0 heterocycles. The van der Waals surface area contributed by atoms with Gasteiger partial charge in [0, 0.05) is 17.1 Å². The largest absolute Gasteiger partial charge is 0.497 e. The molecular weight excluding hydrogens is 286 g/mol. The highest BCUT2D eigenvalue weighted by molar-refractivity contribution is 6.31. The number of ether oxygens (including phenoxy) is 1. The molecule has 1 amide bonds. The lowest BCUT2D eigenvalue weighted by molar-refractivity contribution is 0.0953. The first-order valence-electron chi connectivity index (χ1n) is 6.86. The van der Waals surface area contributed by atoms with Crippen LogP contribution in [0, 0.1) is 0 Å². The van der Waals surface area contributed by atoms with Crippen LogP contribution in [0.25, 0.3) is 0 Å². The summed E-state index contributed by atoms with van der Waals surface area (Å²) in [5, 5.41) is 3.68. The van der Waals surface area contributed by atoms with E-state index in [1.54, 1.807) is 25.3 Å². The number of carbonyl (C=O) groups excluding carboxylic acids is 1. The summed E-state index contributed by atoms with van der Waals surface area (Å²) < 4.78 is 5.11. The number of hydrogen-bond donors (Lipinski definition) is 1. The van der Waals surface area contributed by atoms with Gasteiger partial charge in [0.25, 0.3) is 5.91 Å². The summed E-state index contributed by atoms with van der Waals surface area (Å²) >= 11 is 6.09. The molecule has 0 bridgehead atoms. The highest BCUT2D eigenvalue weighted by atomic mass is 35.5. The molecule has 0 aliphatic rings. The fourth-order valence-corrected chi connectivity index (χ4v) is 2.28. The Balaban J connectivity index is 1.80. The topological polar surface area (TPSA) is 38.3 Å². The second-order valence-corrected chi connectivity index (χ2v) is 5.09. The predicted octanol–water partition coefficient (Wildman–Crippen LogP) is 3.71. The van der Waals surface area contributed by atoms with Crippen LogP contribution < -0.4 is 10.1 Å². The van der Waals surface area contributed by atoms with Crippen molar-refractivity contribution >= 4 is 17.5 Å². The third-order valence-electron chi connectivity index (χ3n) is 3.20. The quantitative estimate of drug-likeness (QED) is 0.826. The summed E-state index contributed by atoms with van der Waals surface area (Å²) in [4.78, 5) is 12.0. The van der Waals surface area contributed by atoms with Crippen molar-refractivity contribution in [2.45, 2.75) is 12.8 Å². The van der Waals surface area contributed by atoms with Gasteiger partial charge in [-0.25, -0.2) is 0 Å². The van der Waals surface area contributed by atoms with Gasteiger partial charge in [0.1, 0.15) is 5.75 Å². The molecule has 0 unspecified atom stereocenters. The summed E-state index contributed by atoms with van der Waals surface area (Å²) in [6.07, 6.45) is 1.69. The van der Waals surface area contributed by atoms with E-state index in [-0.39, 0.29) is 5.91 Å². The van der Waals surface area contributed by atoms with E-state index in [0.29, 0.717) is 17.9 Å². The Kier molecular flexibility index (Phi) is 5.64. The number of rotatable bonds is 6. The zero-order valence-electron chi connectivity index (χ0n) is 11.9. The van der Waals surface area contributed by atoms with Crippen LogP contribution in [0.1, 0.15) is 22.3 Å². The highest BCUT2D eigenvalue weighted by Gasteiger charge is 2.06. The smallest absolute Gasteiger partial charge is 0.251 e. The van der Waals surface area contributed by atoms with Crippen LogP contribution in [0.3, 0.4) is 0 Å². The lowest BCUT2D eigenvalue weighted by atomic mass is 10.1. The Bertz CT molecular complexity index is 613. The average Bonchev–Trinajstić information content (AvgIpc) is 2.53. The second kappa shape index (κ2) is 7.70. The summed E-state index contributed by atoms with van der Waals surface area (Å²) in [5.41, 5.74) is 1.71. The molecule has 0 radical (unpaired) electrons. The molecule has 4 heteroatoms. The Morgan fingerprint density at radius 2 is 2.00 bits per heavy atom. The molecule has 21 heavy (non-hydrogen) atoms. The minimum absolute atomic E-state index is 0.0898. The van der Waals surface area contributed by atoms with Gasteiger partial charge in [-0.05, 0) is 42.7 Å². The monoisotopic (exact) mass is 303 g/mol. The van der Waals surface area contributed by atoms with Gasteiger partial charge in [-0.2, -0.15) is 0 Å². The van der Waals surface area contributed by atoms with Gasteiger partial charge in [0.2, 0.25) is 0 Å². The third-order valence-corrected chi connectivity index (χ3v) is 3.57. The maximum atomic E-state index is 12.0. The fraction of sp³-hybridized carbons (Fsp3) is 0.235. The molecule has 0 aliphatic heterocycles. The Hall–Kier alpha value is -2.00. The molecular formula is C17H18ClNO2. The van der Waals surface area contributed by atoms with Crippen molar-refractivity contribution in [3.63, 3.8) is 0 Å². The van der Waals surface area contributed by atoms with Crippen LogP contribution in [0.2, 0.25) is 5.02 Å². The zero-order valence-corrected chi connectivity index (χ0v) is 12.7. The zero-order chi connectivity index (χ0) is 15.1. The standard InChI is InChI=1S/C17H18ClNO2/c1-21-15-9-4-7-14(12-15)17(20)19-11-5-8-13-6-2-3-10-16(13)18/h2-4,6-7,9-10,12H,5,8,11H2,1H3,(H,19,20). The molecule has 0 saturated carbocycles. The first-order valence-corrected chi connectivity index (χ1v) is 7.24. The molecule has 2 aromatic carbocycles. The number of aryl methyl sites for hydroxylation is 1. The van der Waals surface area contributed by atoms with Gasteiger partial charge < -0.3 is 10.1 Å². The van der Waals surface area contributed by atoms with Crippen LogP contribution in [0.5, 0.6) is 5.75 Å². The summed E-state index contributed by atoms with van der Waals surface area (Å²) in [6, 6.07) is 14.9. The van der Waals surface area contributed by atoms with Crippen molar-refractivity contribution in [3.05, 3.63) is 64.7 Å². The number of amides is 1. The van der Waals surface area contributed by atoms with Crippen molar-refractivity contribution < 1.29 is 9.53 Å². The summed E-state index contributed by atoms with van der Waals surface area (Å²) in [5.74, 6) is 0.590. The van der Waals surface area contributed by atoms with Gasteiger partial charge >= 0.3 is 0 Å². The molecule has 0 aromatic heterocycles. The third kappa shape index (κ3) is 4.50. The first kappa shape index (κ1) is 15.4. The van der Waals surface area contributed by atoms with Crippen molar-refractivity contribution in [2.75, 3.05) is 13.7 Å². The van der Waals surface area contributed by atoms with Gasteiger partial charge in [-0.1, -0.05) is 35.9 Å². The summed E-state index contributed by atoms with van der Waals surface area (Å²) in [6.45, 7) is 0.612. The average molecular weight is 304 g/mol. The Morgan fingerprint density at radius 3 is 2.76 bits per heavy atom. The van der Waals surface area contributed by atoms with Crippen molar-refractivity contribution in [1.82, 2.24) is 5.32 Å². The highest BCUT2D eigenvalue weighted by Crippen LogP contribution is 2.16. The minimum Gasteiger partial charge on any atom is -0.497 e. The molecule has 0 spiro atoms. The lowest BCUT2D eigenvalue weighted by Gasteiger charge is -2.07. The van der Waals surface area contributed by atoms with Crippen LogP contribution >= 0.6 is 11.6 Å². The number of methoxy groups -OCH3 is 1. The lowest BCUT2D eigenvalue weighted by Crippen LogP contribution is -2.24. The SMILES string of the molecule is COc1cccc(C(=O)NCCCc2ccccc2Cl)c1. The van der Waals surface area contributed by atoms with E-state index in [2.05, 4.69) is 5.32 Å². The van der Waals surface area contributed by atoms with Crippen molar-refractivity contribution in [2.24, 2.45) is 0 Å². The van der Waals surface area contributed by atoms with Gasteiger partial charge in [0.05, 0.1) is 7.11 Å².